The van der Waals surface area contributed by atoms with Crippen LogP contribution in [0.5, 0.6) is 0 Å². The number of rotatable bonds is 6. The lowest BCUT2D eigenvalue weighted by atomic mass is 9.95. The number of ether oxygens (including phenoxy) is 1. The molecule has 2 nitrogen and oxygen atoms in total. The van der Waals surface area contributed by atoms with Crippen molar-refractivity contribution in [3.05, 3.63) is 0 Å². The molecule has 0 aliphatic heterocycles. The fourth-order valence-corrected chi connectivity index (χ4v) is 1.55. The van der Waals surface area contributed by atoms with Crippen LogP contribution in [-0.4, -0.2) is 24.8 Å². The first-order chi connectivity index (χ1) is 6.14. The standard InChI is InChI=1S/C11H23NO/c1-4-8-12-9-11(2,3)13-10-6-5-7-10/h10,12H,4-9H2,1-3H3. The molecule has 0 spiro atoms. The van der Waals surface area contributed by atoms with Crippen molar-refractivity contribution in [3.63, 3.8) is 0 Å². The molecule has 0 radical (unpaired) electrons. The quantitative estimate of drug-likeness (QED) is 0.641. The Balaban J connectivity index is 2.11. The normalized spacial score (nSPS) is 18.7. The Labute approximate surface area is 82.0 Å². The lowest BCUT2D eigenvalue weighted by Crippen LogP contribution is -2.42. The summed E-state index contributed by atoms with van der Waals surface area (Å²) in [6.45, 7) is 8.60. The molecule has 2 heteroatoms. The highest BCUT2D eigenvalue weighted by molar-refractivity contribution is 4.78. The van der Waals surface area contributed by atoms with Gasteiger partial charge in [0.15, 0.2) is 0 Å². The zero-order valence-electron chi connectivity index (χ0n) is 9.23. The van der Waals surface area contributed by atoms with Crippen LogP contribution in [0.15, 0.2) is 0 Å². The molecule has 0 unspecified atom stereocenters. The summed E-state index contributed by atoms with van der Waals surface area (Å²) in [7, 11) is 0. The molecular formula is C11H23NO. The van der Waals surface area contributed by atoms with Crippen LogP contribution < -0.4 is 5.32 Å². The van der Waals surface area contributed by atoms with E-state index < -0.39 is 0 Å². The van der Waals surface area contributed by atoms with Gasteiger partial charge in [-0.1, -0.05) is 6.92 Å². The Kier molecular flexibility index (Phi) is 4.20. The summed E-state index contributed by atoms with van der Waals surface area (Å²) in [5, 5.41) is 3.40. The Bertz CT molecular complexity index is 141. The maximum atomic E-state index is 5.96. The number of hydrogen-bond donors (Lipinski definition) is 1. The molecule has 0 bridgehead atoms. The van der Waals surface area contributed by atoms with E-state index in [2.05, 4.69) is 26.1 Å². The Morgan fingerprint density at radius 1 is 1.38 bits per heavy atom. The van der Waals surface area contributed by atoms with Crippen LogP contribution in [0.4, 0.5) is 0 Å². The van der Waals surface area contributed by atoms with E-state index in [0.717, 1.165) is 13.1 Å². The third-order valence-corrected chi connectivity index (χ3v) is 2.52. The first-order valence-corrected chi connectivity index (χ1v) is 5.52. The third-order valence-electron chi connectivity index (χ3n) is 2.52. The summed E-state index contributed by atoms with van der Waals surface area (Å²) < 4.78 is 5.96. The summed E-state index contributed by atoms with van der Waals surface area (Å²) in [5.41, 5.74) is 0.0141. The van der Waals surface area contributed by atoms with Crippen molar-refractivity contribution in [3.8, 4) is 0 Å². The highest BCUT2D eigenvalue weighted by atomic mass is 16.5. The van der Waals surface area contributed by atoms with Crippen molar-refractivity contribution in [1.29, 1.82) is 0 Å². The highest BCUT2D eigenvalue weighted by Gasteiger charge is 2.26. The van der Waals surface area contributed by atoms with E-state index in [1.54, 1.807) is 0 Å². The lowest BCUT2D eigenvalue weighted by Gasteiger charge is -2.35. The Hall–Kier alpha value is -0.0800. The summed E-state index contributed by atoms with van der Waals surface area (Å²) >= 11 is 0. The molecule has 78 valence electrons. The fraction of sp³-hybridized carbons (Fsp3) is 1.00. The van der Waals surface area contributed by atoms with Crippen molar-refractivity contribution in [2.24, 2.45) is 0 Å². The van der Waals surface area contributed by atoms with Crippen molar-refractivity contribution in [2.45, 2.75) is 58.2 Å². The molecule has 0 aromatic carbocycles. The van der Waals surface area contributed by atoms with Gasteiger partial charge in [0.05, 0.1) is 11.7 Å². The monoisotopic (exact) mass is 185 g/mol. The number of hydrogen-bond acceptors (Lipinski definition) is 2. The molecule has 1 rings (SSSR count). The summed E-state index contributed by atoms with van der Waals surface area (Å²) in [4.78, 5) is 0. The molecule has 1 saturated carbocycles. The van der Waals surface area contributed by atoms with Gasteiger partial charge in [-0.25, -0.2) is 0 Å². The summed E-state index contributed by atoms with van der Waals surface area (Å²) in [5.74, 6) is 0. The Morgan fingerprint density at radius 3 is 2.54 bits per heavy atom. The van der Waals surface area contributed by atoms with Gasteiger partial charge in [-0.15, -0.1) is 0 Å². The van der Waals surface area contributed by atoms with Crippen molar-refractivity contribution < 1.29 is 4.74 Å². The predicted molar refractivity (Wildman–Crippen MR) is 56.0 cm³/mol. The van der Waals surface area contributed by atoms with Crippen molar-refractivity contribution in [2.75, 3.05) is 13.1 Å². The molecule has 0 heterocycles. The second-order valence-electron chi connectivity index (χ2n) is 4.61. The van der Waals surface area contributed by atoms with Gasteiger partial charge in [0.25, 0.3) is 0 Å². The van der Waals surface area contributed by atoms with Gasteiger partial charge < -0.3 is 10.1 Å². The second kappa shape index (κ2) is 4.97. The van der Waals surface area contributed by atoms with E-state index in [-0.39, 0.29) is 5.60 Å². The van der Waals surface area contributed by atoms with Crippen LogP contribution in [0.25, 0.3) is 0 Å². The minimum atomic E-state index is 0.0141. The second-order valence-corrected chi connectivity index (χ2v) is 4.61. The minimum Gasteiger partial charge on any atom is -0.371 e. The van der Waals surface area contributed by atoms with Gasteiger partial charge >= 0.3 is 0 Å². The van der Waals surface area contributed by atoms with Gasteiger partial charge in [0.2, 0.25) is 0 Å². The first-order valence-electron chi connectivity index (χ1n) is 5.52. The van der Waals surface area contributed by atoms with Gasteiger partial charge in [-0.3, -0.25) is 0 Å². The van der Waals surface area contributed by atoms with Crippen LogP contribution in [0.3, 0.4) is 0 Å². The molecule has 1 fully saturated rings. The summed E-state index contributed by atoms with van der Waals surface area (Å²) in [6.07, 6.45) is 5.61. The van der Waals surface area contributed by atoms with Gasteiger partial charge in [0.1, 0.15) is 0 Å². The molecule has 0 amide bonds. The summed E-state index contributed by atoms with van der Waals surface area (Å²) in [6, 6.07) is 0. The molecule has 13 heavy (non-hydrogen) atoms. The van der Waals surface area contributed by atoms with Gasteiger partial charge in [-0.2, -0.15) is 0 Å². The molecule has 0 atom stereocenters. The van der Waals surface area contributed by atoms with E-state index in [0.29, 0.717) is 6.10 Å². The predicted octanol–water partition coefficient (Wildman–Crippen LogP) is 2.33. The van der Waals surface area contributed by atoms with E-state index in [1.807, 2.05) is 0 Å². The topological polar surface area (TPSA) is 21.3 Å². The molecule has 1 aliphatic rings. The molecular weight excluding hydrogens is 162 g/mol. The first kappa shape index (κ1) is 11.0. The molecule has 1 aliphatic carbocycles. The maximum absolute atomic E-state index is 5.96. The van der Waals surface area contributed by atoms with Crippen molar-refractivity contribution in [1.82, 2.24) is 5.32 Å². The van der Waals surface area contributed by atoms with Gasteiger partial charge in [-0.05, 0) is 46.1 Å². The van der Waals surface area contributed by atoms with Crippen LogP contribution in [-0.2, 0) is 4.74 Å². The zero-order chi connectivity index (χ0) is 9.73. The minimum absolute atomic E-state index is 0.0141. The average molecular weight is 185 g/mol. The Morgan fingerprint density at radius 2 is 2.08 bits per heavy atom. The van der Waals surface area contributed by atoms with Crippen molar-refractivity contribution >= 4 is 0 Å². The number of nitrogens with one attached hydrogen (secondary N) is 1. The molecule has 0 aromatic heterocycles. The van der Waals surface area contributed by atoms with Gasteiger partial charge in [0, 0.05) is 6.54 Å². The average Bonchev–Trinajstić information content (AvgIpc) is 1.98. The largest absolute Gasteiger partial charge is 0.371 e. The van der Waals surface area contributed by atoms with E-state index in [9.17, 15) is 0 Å². The van der Waals surface area contributed by atoms with Crippen LogP contribution in [0.2, 0.25) is 0 Å². The molecule has 0 saturated heterocycles. The van der Waals surface area contributed by atoms with E-state index in [1.165, 1.54) is 25.7 Å². The SMILES string of the molecule is CCCNCC(C)(C)OC1CCC1. The van der Waals surface area contributed by atoms with E-state index >= 15 is 0 Å². The highest BCUT2D eigenvalue weighted by Crippen LogP contribution is 2.26. The molecule has 0 aromatic rings. The van der Waals surface area contributed by atoms with E-state index in [4.69, 9.17) is 4.74 Å². The fourth-order valence-electron chi connectivity index (χ4n) is 1.55. The zero-order valence-corrected chi connectivity index (χ0v) is 9.23. The lowest BCUT2D eigenvalue weighted by molar-refractivity contribution is -0.0999. The third kappa shape index (κ3) is 4.10. The maximum Gasteiger partial charge on any atom is 0.0754 e. The molecule has 1 N–H and O–H groups in total. The van der Waals surface area contributed by atoms with Crippen LogP contribution in [0.1, 0.15) is 46.5 Å². The van der Waals surface area contributed by atoms with Crippen LogP contribution in [0, 0.1) is 0 Å². The van der Waals surface area contributed by atoms with Crippen LogP contribution >= 0.6 is 0 Å². The smallest absolute Gasteiger partial charge is 0.0754 e.